The summed E-state index contributed by atoms with van der Waals surface area (Å²) in [4.78, 5) is 18.2. The van der Waals surface area contributed by atoms with Gasteiger partial charge in [0.05, 0.1) is 18.7 Å². The fourth-order valence-electron chi connectivity index (χ4n) is 3.64. The van der Waals surface area contributed by atoms with Crippen LogP contribution in [0.3, 0.4) is 0 Å². The number of nitrogens with zero attached hydrogens (tertiary/aromatic N) is 4. The number of hydrogen-bond donors (Lipinski definition) is 0. The van der Waals surface area contributed by atoms with Gasteiger partial charge in [-0.1, -0.05) is 19.6 Å². The monoisotopic (exact) mass is 438 g/mol. The molecule has 0 saturated carbocycles. The molecule has 1 aliphatic heterocycles. The zero-order chi connectivity index (χ0) is 21.8. The number of fused-ring (bicyclic) bond motifs is 1. The molecule has 4 rings (SSSR count). The molecule has 0 atom stereocenters. The van der Waals surface area contributed by atoms with E-state index in [2.05, 4.69) is 35.6 Å². The minimum absolute atomic E-state index is 0.392. The molecule has 2 aromatic heterocycles. The number of anilines is 1. The third kappa shape index (κ3) is 5.20. The highest BCUT2D eigenvalue weighted by Gasteiger charge is 2.17. The lowest BCUT2D eigenvalue weighted by Crippen LogP contribution is -2.36. The first kappa shape index (κ1) is 21.7. The summed E-state index contributed by atoms with van der Waals surface area (Å²) in [7, 11) is -1.15. The smallest absolute Gasteiger partial charge is 0.150 e. The molecular weight excluding hydrogens is 408 g/mol. The van der Waals surface area contributed by atoms with E-state index in [4.69, 9.17) is 14.6 Å². The lowest BCUT2D eigenvalue weighted by molar-refractivity contribution is 0.0818. The van der Waals surface area contributed by atoms with Gasteiger partial charge in [0.15, 0.2) is 0 Å². The van der Waals surface area contributed by atoms with Crippen LogP contribution in [0, 0.1) is 0 Å². The number of aldehydes is 1. The molecule has 7 nitrogen and oxygen atoms in total. The number of morpholine rings is 1. The average molecular weight is 439 g/mol. The second kappa shape index (κ2) is 9.29. The topological polar surface area (TPSA) is 69.5 Å². The minimum Gasteiger partial charge on any atom is -0.378 e. The van der Waals surface area contributed by atoms with Crippen LogP contribution in [-0.2, 0) is 16.2 Å². The van der Waals surface area contributed by atoms with E-state index in [9.17, 15) is 4.79 Å². The highest BCUT2D eigenvalue weighted by Crippen LogP contribution is 2.30. The van der Waals surface area contributed by atoms with Crippen LogP contribution in [0.15, 0.2) is 36.5 Å². The van der Waals surface area contributed by atoms with E-state index >= 15 is 0 Å². The first-order valence-electron chi connectivity index (χ1n) is 10.8. The lowest BCUT2D eigenvalue weighted by Gasteiger charge is -2.27. The molecule has 0 spiro atoms. The summed E-state index contributed by atoms with van der Waals surface area (Å²) in [5.74, 6) is 0.918. The molecule has 0 N–H and O–H groups in total. The SMILES string of the molecule is C[Si](C)(C)CCOCn1nc(-c2ccnc(N3CCOCC3)c2)c2cc(C=O)ccc21. The quantitative estimate of drug-likeness (QED) is 0.300. The van der Waals surface area contributed by atoms with Crippen molar-refractivity contribution in [2.75, 3.05) is 37.8 Å². The van der Waals surface area contributed by atoms with E-state index in [1.165, 1.54) is 0 Å². The van der Waals surface area contributed by atoms with Crippen molar-refractivity contribution in [3.05, 3.63) is 42.1 Å². The maximum atomic E-state index is 11.4. The summed E-state index contributed by atoms with van der Waals surface area (Å²) in [5, 5.41) is 5.81. The Morgan fingerprint density at radius 2 is 1.97 bits per heavy atom. The summed E-state index contributed by atoms with van der Waals surface area (Å²) in [6.45, 7) is 11.2. The number of rotatable bonds is 8. The number of aromatic nitrogens is 3. The first-order chi connectivity index (χ1) is 14.9. The summed E-state index contributed by atoms with van der Waals surface area (Å²) >= 11 is 0. The molecule has 8 heteroatoms. The van der Waals surface area contributed by atoms with Crippen LogP contribution in [0.4, 0.5) is 5.82 Å². The van der Waals surface area contributed by atoms with E-state index in [-0.39, 0.29) is 0 Å². The number of benzene rings is 1. The molecule has 0 bridgehead atoms. The Balaban J connectivity index is 1.66. The number of ether oxygens (including phenoxy) is 2. The van der Waals surface area contributed by atoms with Crippen LogP contribution in [0.2, 0.25) is 25.7 Å². The average Bonchev–Trinajstić information content (AvgIpc) is 3.14. The van der Waals surface area contributed by atoms with Crippen LogP contribution in [0.5, 0.6) is 0 Å². The van der Waals surface area contributed by atoms with E-state index in [1.54, 1.807) is 0 Å². The lowest BCUT2D eigenvalue weighted by atomic mass is 10.1. The van der Waals surface area contributed by atoms with E-state index in [1.807, 2.05) is 35.1 Å². The van der Waals surface area contributed by atoms with E-state index in [0.29, 0.717) is 25.5 Å². The Morgan fingerprint density at radius 3 is 2.71 bits per heavy atom. The molecule has 0 radical (unpaired) electrons. The summed E-state index contributed by atoms with van der Waals surface area (Å²) in [6.07, 6.45) is 2.69. The highest BCUT2D eigenvalue weighted by atomic mass is 28.3. The predicted octanol–water partition coefficient (Wildman–Crippen LogP) is 4.06. The molecule has 1 fully saturated rings. The molecule has 31 heavy (non-hydrogen) atoms. The maximum absolute atomic E-state index is 11.4. The fraction of sp³-hybridized carbons (Fsp3) is 0.435. The van der Waals surface area contributed by atoms with Crippen molar-refractivity contribution in [1.29, 1.82) is 0 Å². The predicted molar refractivity (Wildman–Crippen MR) is 125 cm³/mol. The first-order valence-corrected chi connectivity index (χ1v) is 14.5. The van der Waals surface area contributed by atoms with Gasteiger partial charge in [0, 0.05) is 50.5 Å². The van der Waals surface area contributed by atoms with Crippen molar-refractivity contribution in [1.82, 2.24) is 14.8 Å². The molecule has 1 aromatic carbocycles. The van der Waals surface area contributed by atoms with Gasteiger partial charge in [0.2, 0.25) is 0 Å². The van der Waals surface area contributed by atoms with Gasteiger partial charge in [-0.05, 0) is 36.4 Å². The van der Waals surface area contributed by atoms with Gasteiger partial charge in [-0.25, -0.2) is 9.67 Å². The molecular formula is C23H30N4O3Si. The van der Waals surface area contributed by atoms with Gasteiger partial charge in [-0.15, -0.1) is 0 Å². The molecule has 0 aliphatic carbocycles. The van der Waals surface area contributed by atoms with Gasteiger partial charge in [0.1, 0.15) is 24.5 Å². The minimum atomic E-state index is -1.15. The van der Waals surface area contributed by atoms with Crippen molar-refractivity contribution < 1.29 is 14.3 Å². The standard InChI is InChI=1S/C23H30N4O3Si/c1-31(2,3)13-12-30-17-27-21-5-4-18(16-28)14-20(21)23(25-27)19-6-7-24-22(15-19)26-8-10-29-11-9-26/h4-7,14-16H,8-13,17H2,1-3H3. The number of pyridine rings is 1. The fourth-order valence-corrected chi connectivity index (χ4v) is 4.40. The molecule has 0 amide bonds. The third-order valence-corrected chi connectivity index (χ3v) is 7.18. The van der Waals surface area contributed by atoms with Gasteiger partial charge in [-0.2, -0.15) is 5.10 Å². The van der Waals surface area contributed by atoms with Crippen molar-refractivity contribution in [3.63, 3.8) is 0 Å². The Labute approximate surface area is 184 Å². The highest BCUT2D eigenvalue weighted by molar-refractivity contribution is 6.76. The molecule has 1 saturated heterocycles. The van der Waals surface area contributed by atoms with Gasteiger partial charge < -0.3 is 14.4 Å². The van der Waals surface area contributed by atoms with Crippen molar-refractivity contribution in [2.45, 2.75) is 32.4 Å². The zero-order valence-corrected chi connectivity index (χ0v) is 19.5. The summed E-state index contributed by atoms with van der Waals surface area (Å²) in [5.41, 5.74) is 3.41. The summed E-state index contributed by atoms with van der Waals surface area (Å²) < 4.78 is 13.3. The van der Waals surface area contributed by atoms with Gasteiger partial charge >= 0.3 is 0 Å². The molecule has 0 unspecified atom stereocenters. The Hall–Kier alpha value is -2.55. The molecule has 3 heterocycles. The number of hydrogen-bond acceptors (Lipinski definition) is 6. The normalized spacial score (nSPS) is 14.9. The Bertz CT molecular complexity index is 1050. The van der Waals surface area contributed by atoms with Crippen LogP contribution in [-0.4, -0.2) is 62.0 Å². The summed E-state index contributed by atoms with van der Waals surface area (Å²) in [6, 6.07) is 10.8. The number of carbonyl (C=O) groups is 1. The third-order valence-electron chi connectivity index (χ3n) is 5.47. The number of carbonyl (C=O) groups excluding carboxylic acids is 1. The van der Waals surface area contributed by atoms with Crippen LogP contribution in [0.1, 0.15) is 10.4 Å². The molecule has 164 valence electrons. The van der Waals surface area contributed by atoms with Crippen LogP contribution < -0.4 is 4.90 Å². The van der Waals surface area contributed by atoms with E-state index in [0.717, 1.165) is 60.0 Å². The molecule has 1 aliphatic rings. The van der Waals surface area contributed by atoms with Crippen molar-refractivity contribution in [3.8, 4) is 11.3 Å². The van der Waals surface area contributed by atoms with Crippen molar-refractivity contribution in [2.24, 2.45) is 0 Å². The maximum Gasteiger partial charge on any atom is 0.150 e. The van der Waals surface area contributed by atoms with Gasteiger partial charge in [0.25, 0.3) is 0 Å². The van der Waals surface area contributed by atoms with Crippen LogP contribution >= 0.6 is 0 Å². The Morgan fingerprint density at radius 1 is 1.16 bits per heavy atom. The Kier molecular flexibility index (Phi) is 6.50. The second-order valence-electron chi connectivity index (χ2n) is 9.09. The van der Waals surface area contributed by atoms with Crippen LogP contribution in [0.25, 0.3) is 22.2 Å². The second-order valence-corrected chi connectivity index (χ2v) is 14.7. The zero-order valence-electron chi connectivity index (χ0n) is 18.5. The van der Waals surface area contributed by atoms with Crippen molar-refractivity contribution >= 4 is 31.1 Å². The van der Waals surface area contributed by atoms with Gasteiger partial charge in [-0.3, -0.25) is 4.79 Å². The van der Waals surface area contributed by atoms with E-state index < -0.39 is 8.07 Å². The molecule has 3 aromatic rings. The largest absolute Gasteiger partial charge is 0.378 e.